The van der Waals surface area contributed by atoms with E-state index in [4.69, 9.17) is 9.47 Å². The van der Waals surface area contributed by atoms with Crippen LogP contribution in [0.2, 0.25) is 0 Å². The van der Waals surface area contributed by atoms with Gasteiger partial charge in [0.05, 0.1) is 6.04 Å². The molecule has 1 atom stereocenters. The van der Waals surface area contributed by atoms with Crippen LogP contribution in [0.4, 0.5) is 0 Å². The zero-order chi connectivity index (χ0) is 18.2. The topological polar surface area (TPSA) is 51.7 Å². The van der Waals surface area contributed by atoms with E-state index in [0.717, 1.165) is 47.0 Å². The van der Waals surface area contributed by atoms with Crippen LogP contribution in [0, 0.1) is 0 Å². The van der Waals surface area contributed by atoms with Crippen LogP contribution < -0.4 is 9.47 Å². The zero-order valence-corrected chi connectivity index (χ0v) is 16.2. The van der Waals surface area contributed by atoms with E-state index >= 15 is 0 Å². The van der Waals surface area contributed by atoms with E-state index in [0.29, 0.717) is 18.9 Å². The third-order valence-electron chi connectivity index (χ3n) is 4.96. The predicted molar refractivity (Wildman–Crippen MR) is 106 cm³/mol. The summed E-state index contributed by atoms with van der Waals surface area (Å²) in [6.07, 6.45) is 1.94. The third kappa shape index (κ3) is 3.11. The molecule has 2 aromatic heterocycles. The lowest BCUT2D eigenvalue weighted by Crippen LogP contribution is -2.30. The first-order valence-corrected chi connectivity index (χ1v) is 10.8. The summed E-state index contributed by atoms with van der Waals surface area (Å²) in [5.74, 6) is 1.55. The summed E-state index contributed by atoms with van der Waals surface area (Å²) in [7, 11) is 0. The van der Waals surface area contributed by atoms with Crippen molar-refractivity contribution in [3.63, 3.8) is 0 Å². The maximum atomic E-state index is 13.1. The van der Waals surface area contributed by atoms with Gasteiger partial charge in [0.1, 0.15) is 23.9 Å². The van der Waals surface area contributed by atoms with Gasteiger partial charge < -0.3 is 14.4 Å². The van der Waals surface area contributed by atoms with Gasteiger partial charge in [-0.1, -0.05) is 6.07 Å². The van der Waals surface area contributed by atoms with Crippen LogP contribution in [0.3, 0.4) is 0 Å². The van der Waals surface area contributed by atoms with Gasteiger partial charge in [0.2, 0.25) is 0 Å². The fourth-order valence-corrected chi connectivity index (χ4v) is 5.17. The van der Waals surface area contributed by atoms with Gasteiger partial charge in [-0.15, -0.1) is 11.3 Å². The highest BCUT2D eigenvalue weighted by Crippen LogP contribution is 2.39. The highest BCUT2D eigenvalue weighted by atomic mass is 32.1. The number of thiophene rings is 1. The molecule has 27 heavy (non-hydrogen) atoms. The number of aromatic nitrogens is 1. The minimum atomic E-state index is 0.00474. The molecule has 3 aromatic rings. The highest BCUT2D eigenvalue weighted by molar-refractivity contribution is 7.14. The first kappa shape index (κ1) is 16.8. The zero-order valence-electron chi connectivity index (χ0n) is 14.6. The summed E-state index contributed by atoms with van der Waals surface area (Å²) in [6.45, 7) is 1.90. The quantitative estimate of drug-likeness (QED) is 0.646. The smallest absolute Gasteiger partial charge is 0.273 e. The Morgan fingerprint density at radius 1 is 1.15 bits per heavy atom. The molecule has 7 heteroatoms. The Kier molecular flexibility index (Phi) is 4.33. The molecule has 1 saturated heterocycles. The molecule has 2 aliphatic heterocycles. The Hall–Kier alpha value is -2.38. The Balaban J connectivity index is 1.40. The fraction of sp³-hybridized carbons (Fsp3) is 0.300. The molecule has 0 radical (unpaired) electrons. The van der Waals surface area contributed by atoms with Crippen molar-refractivity contribution >= 4 is 28.6 Å². The van der Waals surface area contributed by atoms with Gasteiger partial charge in [-0.25, -0.2) is 4.98 Å². The summed E-state index contributed by atoms with van der Waals surface area (Å²) in [6, 6.07) is 8.10. The Labute approximate surface area is 165 Å². The van der Waals surface area contributed by atoms with Gasteiger partial charge >= 0.3 is 0 Å². The first-order valence-electron chi connectivity index (χ1n) is 8.98. The van der Waals surface area contributed by atoms with E-state index in [2.05, 4.69) is 10.4 Å². The average molecular weight is 399 g/mol. The van der Waals surface area contributed by atoms with Crippen molar-refractivity contribution in [2.24, 2.45) is 0 Å². The normalized spacial score (nSPS) is 18.7. The number of thiazole rings is 1. The number of carbonyl (C=O) groups excluding carboxylic acids is 1. The van der Waals surface area contributed by atoms with Crippen LogP contribution in [0.5, 0.6) is 11.5 Å². The molecule has 1 fully saturated rings. The van der Waals surface area contributed by atoms with Crippen LogP contribution in [0.15, 0.2) is 40.4 Å². The summed E-state index contributed by atoms with van der Waals surface area (Å²) in [5, 5.41) is 6.85. The standard InChI is InChI=1S/C20H18N2O3S2/c23-20(15-12-27-19(21-15)14-5-9-26-11-14)22-6-1-2-16(22)13-3-4-17-18(10-13)25-8-7-24-17/h3-5,9-12,16H,1-2,6-8H2. The lowest BCUT2D eigenvalue weighted by molar-refractivity contribution is 0.0730. The van der Waals surface area contributed by atoms with Crippen LogP contribution >= 0.6 is 22.7 Å². The number of fused-ring (bicyclic) bond motifs is 1. The van der Waals surface area contributed by atoms with Crippen molar-refractivity contribution in [3.05, 3.63) is 51.7 Å². The van der Waals surface area contributed by atoms with Gasteiger partial charge in [-0.3, -0.25) is 4.79 Å². The molecule has 1 unspecified atom stereocenters. The van der Waals surface area contributed by atoms with Gasteiger partial charge in [-0.2, -0.15) is 11.3 Å². The summed E-state index contributed by atoms with van der Waals surface area (Å²) < 4.78 is 11.3. The molecule has 0 saturated carbocycles. The van der Waals surface area contributed by atoms with Gasteiger partial charge in [0, 0.05) is 22.9 Å². The SMILES string of the molecule is O=C(c1csc(-c2ccsc2)n1)N1CCCC1c1ccc2c(c1)OCCO2. The monoisotopic (exact) mass is 398 g/mol. The van der Waals surface area contributed by atoms with Crippen molar-refractivity contribution in [2.45, 2.75) is 18.9 Å². The number of carbonyl (C=O) groups is 1. The van der Waals surface area contributed by atoms with E-state index < -0.39 is 0 Å². The number of benzene rings is 1. The van der Waals surface area contributed by atoms with Crippen LogP contribution in [-0.4, -0.2) is 35.5 Å². The minimum absolute atomic E-state index is 0.00474. The van der Waals surface area contributed by atoms with Gasteiger partial charge in [0.25, 0.3) is 5.91 Å². The number of hydrogen-bond acceptors (Lipinski definition) is 6. The van der Waals surface area contributed by atoms with Crippen LogP contribution in [0.1, 0.15) is 34.9 Å². The molecule has 1 aromatic carbocycles. The summed E-state index contributed by atoms with van der Waals surface area (Å²) >= 11 is 3.16. The molecular weight excluding hydrogens is 380 g/mol. The van der Waals surface area contributed by atoms with E-state index in [9.17, 15) is 4.79 Å². The largest absolute Gasteiger partial charge is 0.486 e. The fourth-order valence-electron chi connectivity index (χ4n) is 3.66. The summed E-state index contributed by atoms with van der Waals surface area (Å²) in [5.41, 5.74) is 2.71. The molecule has 0 spiro atoms. The molecule has 5 nitrogen and oxygen atoms in total. The third-order valence-corrected chi connectivity index (χ3v) is 6.53. The van der Waals surface area contributed by atoms with E-state index in [1.54, 1.807) is 11.3 Å². The Bertz CT molecular complexity index is 968. The summed E-state index contributed by atoms with van der Waals surface area (Å²) in [4.78, 5) is 19.6. The average Bonchev–Trinajstić information content (AvgIpc) is 3.48. The number of likely N-dealkylation sites (tertiary alicyclic amines) is 1. The van der Waals surface area contributed by atoms with E-state index in [-0.39, 0.29) is 11.9 Å². The molecule has 0 bridgehead atoms. The first-order chi connectivity index (χ1) is 13.3. The Morgan fingerprint density at radius 3 is 2.89 bits per heavy atom. The van der Waals surface area contributed by atoms with E-state index in [1.807, 2.05) is 39.9 Å². The van der Waals surface area contributed by atoms with Crippen molar-refractivity contribution in [1.29, 1.82) is 0 Å². The second-order valence-electron chi connectivity index (χ2n) is 6.61. The van der Waals surface area contributed by atoms with Crippen molar-refractivity contribution in [2.75, 3.05) is 19.8 Å². The molecule has 0 aliphatic carbocycles. The lowest BCUT2D eigenvalue weighted by Gasteiger charge is -2.26. The number of nitrogens with zero attached hydrogens (tertiary/aromatic N) is 2. The van der Waals surface area contributed by atoms with Crippen molar-refractivity contribution < 1.29 is 14.3 Å². The molecule has 1 amide bonds. The van der Waals surface area contributed by atoms with Gasteiger partial charge in [0.15, 0.2) is 11.5 Å². The van der Waals surface area contributed by atoms with Crippen molar-refractivity contribution in [3.8, 4) is 22.1 Å². The maximum Gasteiger partial charge on any atom is 0.273 e. The number of ether oxygens (including phenoxy) is 2. The Morgan fingerprint density at radius 2 is 2.04 bits per heavy atom. The molecule has 5 rings (SSSR count). The number of rotatable bonds is 3. The van der Waals surface area contributed by atoms with Crippen LogP contribution in [-0.2, 0) is 0 Å². The van der Waals surface area contributed by atoms with Crippen molar-refractivity contribution in [1.82, 2.24) is 9.88 Å². The molecule has 2 aliphatic rings. The predicted octanol–water partition coefficient (Wildman–Crippen LogP) is 4.62. The van der Waals surface area contributed by atoms with Crippen LogP contribution in [0.25, 0.3) is 10.6 Å². The second-order valence-corrected chi connectivity index (χ2v) is 8.25. The maximum absolute atomic E-state index is 13.1. The van der Waals surface area contributed by atoms with Gasteiger partial charge in [-0.05, 0) is 42.0 Å². The van der Waals surface area contributed by atoms with E-state index in [1.165, 1.54) is 11.3 Å². The molecule has 0 N–H and O–H groups in total. The molecular formula is C20H18N2O3S2. The number of amides is 1. The minimum Gasteiger partial charge on any atom is -0.486 e. The molecule has 138 valence electrons. The number of hydrogen-bond donors (Lipinski definition) is 0. The molecule has 4 heterocycles. The lowest BCUT2D eigenvalue weighted by atomic mass is 10.0. The second kappa shape index (κ2) is 6.98. The highest BCUT2D eigenvalue weighted by Gasteiger charge is 2.32.